The summed E-state index contributed by atoms with van der Waals surface area (Å²) in [6.07, 6.45) is 1.67. The molecule has 0 radical (unpaired) electrons. The smallest absolute Gasteiger partial charge is 0.255 e. The fourth-order valence-electron chi connectivity index (χ4n) is 3.03. The molecule has 0 aliphatic heterocycles. The van der Waals surface area contributed by atoms with E-state index in [-0.39, 0.29) is 11.5 Å². The van der Waals surface area contributed by atoms with Gasteiger partial charge in [0.1, 0.15) is 11.5 Å². The van der Waals surface area contributed by atoms with E-state index in [1.165, 1.54) is 23.8 Å². The van der Waals surface area contributed by atoms with Crippen molar-refractivity contribution >= 4 is 11.6 Å². The summed E-state index contributed by atoms with van der Waals surface area (Å²) in [4.78, 5) is 12.6. The number of benzene rings is 2. The summed E-state index contributed by atoms with van der Waals surface area (Å²) in [7, 11) is 0. The number of amides is 1. The van der Waals surface area contributed by atoms with Gasteiger partial charge in [0, 0.05) is 11.1 Å². The number of H-pyrrole nitrogens is 1. The summed E-state index contributed by atoms with van der Waals surface area (Å²) in [6, 6.07) is 11.8. The topological polar surface area (TPSA) is 57.8 Å². The molecule has 4 nitrogen and oxygen atoms in total. The van der Waals surface area contributed by atoms with Crippen molar-refractivity contribution in [3.8, 4) is 11.3 Å². The molecule has 1 aromatic heterocycles. The second-order valence-electron chi connectivity index (χ2n) is 6.46. The molecular weight excluding hydrogens is 329 g/mol. The standard InChI is InChI=1S/C21H22FN3O/c1-4-6-18-20(23-21(26)15-7-5-8-16(22)12-15)19(25-24-18)17-10-9-13(2)11-14(17)3/h5,7-12H,4,6H2,1-3H3,(H,23,26)(H,24,25). The van der Waals surface area contributed by atoms with E-state index < -0.39 is 5.82 Å². The normalized spacial score (nSPS) is 10.8. The van der Waals surface area contributed by atoms with Crippen LogP contribution in [-0.4, -0.2) is 16.1 Å². The average Bonchev–Trinajstić information content (AvgIpc) is 2.98. The highest BCUT2D eigenvalue weighted by atomic mass is 19.1. The molecule has 0 spiro atoms. The van der Waals surface area contributed by atoms with Gasteiger partial charge in [-0.15, -0.1) is 0 Å². The Morgan fingerprint density at radius 3 is 2.69 bits per heavy atom. The lowest BCUT2D eigenvalue weighted by molar-refractivity contribution is 0.102. The molecule has 0 aliphatic carbocycles. The minimum Gasteiger partial charge on any atom is -0.319 e. The SMILES string of the molecule is CCCc1[nH]nc(-c2ccc(C)cc2C)c1NC(=O)c1cccc(F)c1. The van der Waals surface area contributed by atoms with Crippen molar-refractivity contribution in [2.45, 2.75) is 33.6 Å². The number of nitrogens with one attached hydrogen (secondary N) is 2. The van der Waals surface area contributed by atoms with Gasteiger partial charge in [-0.05, 0) is 44.0 Å². The van der Waals surface area contributed by atoms with Gasteiger partial charge in [-0.2, -0.15) is 5.10 Å². The number of aryl methyl sites for hydroxylation is 3. The lowest BCUT2D eigenvalue weighted by atomic mass is 10.0. The number of halogens is 1. The van der Waals surface area contributed by atoms with Crippen LogP contribution >= 0.6 is 0 Å². The average molecular weight is 351 g/mol. The number of hydrogen-bond donors (Lipinski definition) is 2. The Hall–Kier alpha value is -2.95. The second-order valence-corrected chi connectivity index (χ2v) is 6.46. The van der Waals surface area contributed by atoms with Gasteiger partial charge in [0.2, 0.25) is 0 Å². The predicted molar refractivity (Wildman–Crippen MR) is 102 cm³/mol. The van der Waals surface area contributed by atoms with Crippen LogP contribution in [0.15, 0.2) is 42.5 Å². The van der Waals surface area contributed by atoms with Crippen molar-refractivity contribution in [3.05, 3.63) is 70.7 Å². The van der Waals surface area contributed by atoms with E-state index in [2.05, 4.69) is 28.5 Å². The van der Waals surface area contributed by atoms with E-state index in [1.807, 2.05) is 26.0 Å². The molecule has 1 amide bonds. The molecule has 0 atom stereocenters. The van der Waals surface area contributed by atoms with Crippen LogP contribution < -0.4 is 5.32 Å². The van der Waals surface area contributed by atoms with Crippen LogP contribution in [0.4, 0.5) is 10.1 Å². The van der Waals surface area contributed by atoms with Gasteiger partial charge < -0.3 is 5.32 Å². The van der Waals surface area contributed by atoms with Crippen LogP contribution in [0.1, 0.15) is 40.5 Å². The lowest BCUT2D eigenvalue weighted by Gasteiger charge is -2.10. The molecular formula is C21H22FN3O. The Kier molecular flexibility index (Phi) is 5.16. The minimum atomic E-state index is -0.437. The molecule has 5 heteroatoms. The molecule has 2 N–H and O–H groups in total. The highest BCUT2D eigenvalue weighted by Crippen LogP contribution is 2.32. The Morgan fingerprint density at radius 2 is 2.00 bits per heavy atom. The van der Waals surface area contributed by atoms with Gasteiger partial charge in [-0.1, -0.05) is 43.2 Å². The van der Waals surface area contributed by atoms with Crippen molar-refractivity contribution in [3.63, 3.8) is 0 Å². The highest BCUT2D eigenvalue weighted by molar-refractivity contribution is 6.06. The summed E-state index contributed by atoms with van der Waals surface area (Å²) in [6.45, 7) is 6.13. The molecule has 3 rings (SSSR count). The first-order valence-corrected chi connectivity index (χ1v) is 8.71. The first-order chi connectivity index (χ1) is 12.5. The maximum atomic E-state index is 13.4. The third-order valence-corrected chi connectivity index (χ3v) is 4.30. The van der Waals surface area contributed by atoms with Crippen LogP contribution in [-0.2, 0) is 6.42 Å². The van der Waals surface area contributed by atoms with Gasteiger partial charge in [0.15, 0.2) is 0 Å². The molecule has 1 heterocycles. The van der Waals surface area contributed by atoms with Gasteiger partial charge in [-0.25, -0.2) is 4.39 Å². The Morgan fingerprint density at radius 1 is 1.19 bits per heavy atom. The van der Waals surface area contributed by atoms with Crippen molar-refractivity contribution in [1.82, 2.24) is 10.2 Å². The Labute approximate surface area is 152 Å². The number of anilines is 1. The van der Waals surface area contributed by atoms with Crippen LogP contribution in [0.25, 0.3) is 11.3 Å². The fourth-order valence-corrected chi connectivity index (χ4v) is 3.03. The number of aromatic amines is 1. The van der Waals surface area contributed by atoms with Crippen molar-refractivity contribution in [1.29, 1.82) is 0 Å². The molecule has 2 aromatic carbocycles. The molecule has 0 unspecified atom stereocenters. The number of aromatic nitrogens is 2. The van der Waals surface area contributed by atoms with E-state index in [9.17, 15) is 9.18 Å². The zero-order chi connectivity index (χ0) is 18.7. The number of carbonyl (C=O) groups is 1. The largest absolute Gasteiger partial charge is 0.319 e. The fraction of sp³-hybridized carbons (Fsp3) is 0.238. The minimum absolute atomic E-state index is 0.278. The predicted octanol–water partition coefficient (Wildman–Crippen LogP) is 5.04. The Bertz CT molecular complexity index is 946. The molecule has 0 saturated carbocycles. The first-order valence-electron chi connectivity index (χ1n) is 8.71. The third-order valence-electron chi connectivity index (χ3n) is 4.30. The van der Waals surface area contributed by atoms with Crippen LogP contribution in [0.3, 0.4) is 0 Å². The third kappa shape index (κ3) is 3.67. The summed E-state index contributed by atoms with van der Waals surface area (Å²) in [5, 5.41) is 10.4. The molecule has 0 bridgehead atoms. The second kappa shape index (κ2) is 7.52. The molecule has 0 fully saturated rings. The van der Waals surface area contributed by atoms with Gasteiger partial charge in [0.05, 0.1) is 11.4 Å². The van der Waals surface area contributed by atoms with E-state index >= 15 is 0 Å². The zero-order valence-electron chi connectivity index (χ0n) is 15.2. The lowest BCUT2D eigenvalue weighted by Crippen LogP contribution is -2.13. The number of hydrogen-bond acceptors (Lipinski definition) is 2. The number of carbonyl (C=O) groups excluding carboxylic acids is 1. The van der Waals surface area contributed by atoms with E-state index in [4.69, 9.17) is 0 Å². The zero-order valence-corrected chi connectivity index (χ0v) is 15.2. The Balaban J connectivity index is 2.01. The van der Waals surface area contributed by atoms with Gasteiger partial charge in [-0.3, -0.25) is 9.89 Å². The number of nitrogens with zero attached hydrogens (tertiary/aromatic N) is 1. The highest BCUT2D eigenvalue weighted by Gasteiger charge is 2.19. The monoisotopic (exact) mass is 351 g/mol. The van der Waals surface area contributed by atoms with Gasteiger partial charge in [0.25, 0.3) is 5.91 Å². The van der Waals surface area contributed by atoms with Gasteiger partial charge >= 0.3 is 0 Å². The van der Waals surface area contributed by atoms with Crippen molar-refractivity contribution < 1.29 is 9.18 Å². The maximum Gasteiger partial charge on any atom is 0.255 e. The van der Waals surface area contributed by atoms with Crippen LogP contribution in [0.5, 0.6) is 0 Å². The van der Waals surface area contributed by atoms with Crippen LogP contribution in [0.2, 0.25) is 0 Å². The molecule has 134 valence electrons. The summed E-state index contributed by atoms with van der Waals surface area (Å²) in [5.74, 6) is -0.789. The summed E-state index contributed by atoms with van der Waals surface area (Å²) < 4.78 is 13.4. The quantitative estimate of drug-likeness (QED) is 0.677. The molecule has 0 saturated heterocycles. The maximum absolute atomic E-state index is 13.4. The van der Waals surface area contributed by atoms with E-state index in [1.54, 1.807) is 6.07 Å². The molecule has 3 aromatic rings. The molecule has 0 aliphatic rings. The summed E-state index contributed by atoms with van der Waals surface area (Å²) in [5.41, 5.74) is 5.72. The number of rotatable bonds is 5. The van der Waals surface area contributed by atoms with E-state index in [0.717, 1.165) is 29.7 Å². The van der Waals surface area contributed by atoms with Crippen molar-refractivity contribution in [2.75, 3.05) is 5.32 Å². The summed E-state index contributed by atoms with van der Waals surface area (Å²) >= 11 is 0. The first kappa shape index (κ1) is 17.9. The molecule has 26 heavy (non-hydrogen) atoms. The van der Waals surface area contributed by atoms with Crippen molar-refractivity contribution in [2.24, 2.45) is 0 Å². The van der Waals surface area contributed by atoms with Crippen LogP contribution in [0, 0.1) is 19.7 Å². The van der Waals surface area contributed by atoms with E-state index in [0.29, 0.717) is 11.4 Å².